The first-order valence-corrected chi connectivity index (χ1v) is 16.1. The number of benzene rings is 2. The van der Waals surface area contributed by atoms with Crippen LogP contribution in [0.4, 0.5) is 0 Å². The number of rotatable bonds is 4. The number of hydrogen-bond donors (Lipinski definition) is 4. The van der Waals surface area contributed by atoms with Crippen LogP contribution in [0, 0.1) is 5.92 Å². The summed E-state index contributed by atoms with van der Waals surface area (Å²) >= 11 is 0. The topological polar surface area (TPSA) is 182 Å². The van der Waals surface area contributed by atoms with Crippen LogP contribution in [0.2, 0.25) is 0 Å². The number of carbonyl (C=O) groups excluding carboxylic acids is 5. The Labute approximate surface area is 283 Å². The minimum Gasteiger partial charge on any atom is -0.496 e. The van der Waals surface area contributed by atoms with Crippen LogP contribution in [-0.2, 0) is 22.7 Å². The van der Waals surface area contributed by atoms with Gasteiger partial charge in [0, 0.05) is 31.3 Å². The molecule has 4 N–H and O–H groups in total. The lowest BCUT2D eigenvalue weighted by Crippen LogP contribution is -2.52. The largest absolute Gasteiger partial charge is 0.496 e. The van der Waals surface area contributed by atoms with E-state index in [0.717, 1.165) is 0 Å². The zero-order valence-electron chi connectivity index (χ0n) is 28.0. The summed E-state index contributed by atoms with van der Waals surface area (Å²) in [6.45, 7) is 4.50. The Bertz CT molecular complexity index is 1740. The van der Waals surface area contributed by atoms with E-state index in [4.69, 9.17) is 14.2 Å². The zero-order chi connectivity index (χ0) is 35.1. The van der Waals surface area contributed by atoms with Crippen LogP contribution in [0.3, 0.4) is 0 Å². The smallest absolute Gasteiger partial charge is 0.274 e. The molecule has 0 saturated carbocycles. The molecule has 260 valence electrons. The van der Waals surface area contributed by atoms with Gasteiger partial charge in [0.15, 0.2) is 17.2 Å². The molecule has 0 radical (unpaired) electrons. The van der Waals surface area contributed by atoms with Crippen molar-refractivity contribution in [2.75, 3.05) is 40.4 Å². The van der Waals surface area contributed by atoms with Crippen molar-refractivity contribution in [3.05, 3.63) is 65.0 Å². The highest BCUT2D eigenvalue weighted by atomic mass is 16.5. The summed E-state index contributed by atoms with van der Waals surface area (Å²) in [5, 5.41) is 15.6. The first-order chi connectivity index (χ1) is 23.6. The summed E-state index contributed by atoms with van der Waals surface area (Å²) < 4.78 is 18.8. The minimum atomic E-state index is -0.926. The fourth-order valence-electron chi connectivity index (χ4n) is 5.62. The Morgan fingerprint density at radius 2 is 1.67 bits per heavy atom. The Morgan fingerprint density at radius 3 is 2.41 bits per heavy atom. The molecule has 15 nitrogen and oxygen atoms in total. The standard InChI is InChI=1S/C34H41N7O8/c1-20(2)30-33(45)37-18-22-25(47-3)8-7-9-26(22)49-28-16-21(10-11-27(28)48-4)31(43)35-12-5-6-14-40(19-29(42)38-30)34(46)23-17-24-32(44)36-13-15-41(24)39-23/h7-11,16-17,20,30H,5-6,12-15,18-19H2,1-4H3,(H,35,43)(H,36,44)(H,37,45)(H,38,42)/t30-/m1/s1. The summed E-state index contributed by atoms with van der Waals surface area (Å²) in [7, 11) is 2.99. The predicted octanol–water partition coefficient (Wildman–Crippen LogP) is 1.86. The van der Waals surface area contributed by atoms with Crippen molar-refractivity contribution in [2.45, 2.75) is 45.8 Å². The van der Waals surface area contributed by atoms with Crippen LogP contribution >= 0.6 is 0 Å². The lowest BCUT2D eigenvalue weighted by molar-refractivity contribution is -0.130. The molecule has 5 rings (SSSR count). The number of aromatic nitrogens is 2. The van der Waals surface area contributed by atoms with Crippen LogP contribution < -0.4 is 35.5 Å². The van der Waals surface area contributed by atoms with E-state index in [-0.39, 0.29) is 54.5 Å². The van der Waals surface area contributed by atoms with E-state index < -0.39 is 23.8 Å². The maximum atomic E-state index is 13.7. The van der Waals surface area contributed by atoms with E-state index >= 15 is 0 Å². The van der Waals surface area contributed by atoms with Gasteiger partial charge >= 0.3 is 0 Å². The number of nitrogens with one attached hydrogen (secondary N) is 4. The molecule has 0 saturated heterocycles. The van der Waals surface area contributed by atoms with Crippen molar-refractivity contribution in [3.63, 3.8) is 0 Å². The third-order valence-corrected chi connectivity index (χ3v) is 8.26. The van der Waals surface area contributed by atoms with Crippen molar-refractivity contribution in [1.82, 2.24) is 35.9 Å². The normalized spacial score (nSPS) is 17.7. The van der Waals surface area contributed by atoms with Crippen LogP contribution in [0.15, 0.2) is 42.5 Å². The van der Waals surface area contributed by atoms with Crippen molar-refractivity contribution in [2.24, 2.45) is 5.92 Å². The summed E-state index contributed by atoms with van der Waals surface area (Å²) in [4.78, 5) is 67.4. The first-order valence-electron chi connectivity index (χ1n) is 16.1. The van der Waals surface area contributed by atoms with E-state index in [1.807, 2.05) is 0 Å². The third kappa shape index (κ3) is 8.11. The van der Waals surface area contributed by atoms with Gasteiger partial charge < -0.3 is 40.4 Å². The molecule has 49 heavy (non-hydrogen) atoms. The molecule has 0 aliphatic carbocycles. The number of hydrogen-bond acceptors (Lipinski definition) is 9. The van der Waals surface area contributed by atoms with Crippen LogP contribution in [-0.4, -0.2) is 90.7 Å². The second kappa shape index (κ2) is 15.5. The fraction of sp³-hybridized carbons (Fsp3) is 0.412. The molecule has 15 heteroatoms. The van der Waals surface area contributed by atoms with E-state index in [9.17, 15) is 24.0 Å². The highest BCUT2D eigenvalue weighted by Gasteiger charge is 2.29. The van der Waals surface area contributed by atoms with Gasteiger partial charge in [-0.2, -0.15) is 5.10 Å². The van der Waals surface area contributed by atoms with Gasteiger partial charge in [0.05, 0.1) is 39.4 Å². The molecule has 0 fully saturated rings. The highest BCUT2D eigenvalue weighted by molar-refractivity contribution is 5.99. The first kappa shape index (κ1) is 34.7. The quantitative estimate of drug-likeness (QED) is 0.321. The monoisotopic (exact) mass is 675 g/mol. The van der Waals surface area contributed by atoms with Crippen molar-refractivity contribution in [3.8, 4) is 23.0 Å². The van der Waals surface area contributed by atoms with Gasteiger partial charge in [0.1, 0.15) is 23.2 Å². The maximum Gasteiger partial charge on any atom is 0.274 e. The van der Waals surface area contributed by atoms with Crippen molar-refractivity contribution >= 4 is 29.5 Å². The predicted molar refractivity (Wildman–Crippen MR) is 177 cm³/mol. The van der Waals surface area contributed by atoms with E-state index in [2.05, 4.69) is 26.4 Å². The third-order valence-electron chi connectivity index (χ3n) is 8.26. The van der Waals surface area contributed by atoms with Gasteiger partial charge in [0.2, 0.25) is 11.8 Å². The molecule has 3 heterocycles. The highest BCUT2D eigenvalue weighted by Crippen LogP contribution is 2.37. The molecular formula is C34H41N7O8. The zero-order valence-corrected chi connectivity index (χ0v) is 28.0. The molecule has 3 aromatic rings. The number of carbonyl (C=O) groups is 5. The molecule has 0 unspecified atom stereocenters. The fourth-order valence-corrected chi connectivity index (χ4v) is 5.62. The van der Waals surface area contributed by atoms with Crippen molar-refractivity contribution < 1.29 is 38.2 Å². The Balaban J connectivity index is 1.44. The lowest BCUT2D eigenvalue weighted by Gasteiger charge is -2.26. The van der Waals surface area contributed by atoms with E-state index in [0.29, 0.717) is 60.9 Å². The number of ether oxygens (including phenoxy) is 3. The Morgan fingerprint density at radius 1 is 0.898 bits per heavy atom. The van der Waals surface area contributed by atoms with Gasteiger partial charge in [0.25, 0.3) is 17.7 Å². The average molecular weight is 676 g/mol. The van der Waals surface area contributed by atoms with Crippen molar-refractivity contribution in [1.29, 1.82) is 0 Å². The van der Waals surface area contributed by atoms with Crippen LogP contribution in [0.5, 0.6) is 23.0 Å². The number of nitrogens with zero attached hydrogens (tertiary/aromatic N) is 3. The second-order valence-electron chi connectivity index (χ2n) is 12.0. The van der Waals surface area contributed by atoms with Gasteiger partial charge in [-0.15, -0.1) is 0 Å². The maximum absolute atomic E-state index is 13.7. The Hall–Kier alpha value is -5.60. The summed E-state index contributed by atoms with van der Waals surface area (Å²) in [6.07, 6.45) is 0.931. The van der Waals surface area contributed by atoms with Gasteiger partial charge in [-0.05, 0) is 49.1 Å². The number of amides is 5. The average Bonchev–Trinajstić information content (AvgIpc) is 3.54. The molecule has 2 aromatic carbocycles. The summed E-state index contributed by atoms with van der Waals surface area (Å²) in [5.41, 5.74) is 1.15. The molecule has 1 atom stereocenters. The van der Waals surface area contributed by atoms with Gasteiger partial charge in [-0.1, -0.05) is 19.9 Å². The Kier molecular flexibility index (Phi) is 11.0. The molecule has 5 amide bonds. The SMILES string of the molecule is COc1ccc2cc1Oc1cccc(OC)c1CNC(=O)[C@@H](C(C)C)NC(=O)CN(C(=O)c1cc3n(n1)CCNC3=O)CCCCNC2=O. The number of methoxy groups -OCH3 is 2. The van der Waals surface area contributed by atoms with E-state index in [1.165, 1.54) is 29.9 Å². The minimum absolute atomic E-state index is 0.0110. The molecule has 2 aliphatic heterocycles. The van der Waals surface area contributed by atoms with E-state index in [1.54, 1.807) is 50.2 Å². The molecule has 2 aliphatic rings. The molecule has 0 spiro atoms. The molecule has 1 aromatic heterocycles. The second-order valence-corrected chi connectivity index (χ2v) is 12.0. The molecule has 2 bridgehead atoms. The lowest BCUT2D eigenvalue weighted by atomic mass is 10.0. The van der Waals surface area contributed by atoms with Gasteiger partial charge in [-0.25, -0.2) is 0 Å². The molecular weight excluding hydrogens is 634 g/mol. The summed E-state index contributed by atoms with van der Waals surface area (Å²) in [5.74, 6) is -1.01. The number of fused-ring (bicyclic) bond motifs is 4. The summed E-state index contributed by atoms with van der Waals surface area (Å²) in [6, 6.07) is 10.5. The van der Waals surface area contributed by atoms with Gasteiger partial charge in [-0.3, -0.25) is 28.7 Å². The van der Waals surface area contributed by atoms with Crippen LogP contribution in [0.1, 0.15) is 63.6 Å². The van der Waals surface area contributed by atoms with Crippen LogP contribution in [0.25, 0.3) is 0 Å².